The van der Waals surface area contributed by atoms with Crippen LogP contribution >= 0.6 is 0 Å². The summed E-state index contributed by atoms with van der Waals surface area (Å²) in [5, 5.41) is 6.89. The highest BCUT2D eigenvalue weighted by Gasteiger charge is 1.97. The number of rotatable bonds is 1. The van der Waals surface area contributed by atoms with Gasteiger partial charge in [-0.15, -0.1) is 0 Å². The molecule has 4 heteroatoms. The van der Waals surface area contributed by atoms with Crippen molar-refractivity contribution >= 4 is 17.4 Å². The van der Waals surface area contributed by atoms with Crippen LogP contribution in [0.2, 0.25) is 0 Å². The maximum atomic E-state index is 6.89. The molecule has 0 aliphatic heterocycles. The van der Waals surface area contributed by atoms with Crippen LogP contribution in [0.4, 0.5) is 0 Å². The van der Waals surface area contributed by atoms with Crippen molar-refractivity contribution in [3.8, 4) is 0 Å². The molecule has 2 aromatic rings. The lowest BCUT2D eigenvalue weighted by atomic mass is 10.3. The topological polar surface area (TPSA) is 56.9 Å². The van der Waals surface area contributed by atoms with Gasteiger partial charge in [0.25, 0.3) is 0 Å². The minimum Gasteiger partial charge on any atom is -0.324 e. The Morgan fingerprint density at radius 1 is 1.46 bits per heavy atom. The summed E-state index contributed by atoms with van der Waals surface area (Å²) in [7, 11) is 1.92. The molecule has 0 amide bonds. The van der Waals surface area contributed by atoms with E-state index in [2.05, 4.69) is 9.98 Å². The van der Waals surface area contributed by atoms with Crippen molar-refractivity contribution in [2.75, 3.05) is 0 Å². The first-order valence-electron chi connectivity index (χ1n) is 3.99. The maximum Gasteiger partial charge on any atom is 0.209 e. The van der Waals surface area contributed by atoms with Crippen molar-refractivity contribution in [1.29, 1.82) is 5.41 Å². The van der Waals surface area contributed by atoms with Gasteiger partial charge in [0.2, 0.25) is 5.62 Å². The number of aryl methyl sites for hydroxylation is 1. The molecule has 13 heavy (non-hydrogen) atoms. The number of benzene rings is 1. The number of hydrogen-bond donors (Lipinski definition) is 2. The Hall–Kier alpha value is -1.84. The second-order valence-corrected chi connectivity index (χ2v) is 2.78. The number of hydrogen-bond acceptors (Lipinski definition) is 1. The van der Waals surface area contributed by atoms with Gasteiger partial charge in [0, 0.05) is 7.05 Å². The van der Waals surface area contributed by atoms with Crippen molar-refractivity contribution in [3.05, 3.63) is 29.9 Å². The van der Waals surface area contributed by atoms with Gasteiger partial charge < -0.3 is 9.55 Å². The van der Waals surface area contributed by atoms with Crippen LogP contribution in [-0.2, 0) is 7.05 Å². The highest BCUT2D eigenvalue weighted by molar-refractivity contribution is 5.74. The quantitative estimate of drug-likeness (QED) is 0.479. The SMILES string of the molecule is Cn1/c(=N/C=N)[nH]c2ccccc21. The minimum atomic E-state index is 0.691. The zero-order valence-corrected chi connectivity index (χ0v) is 7.28. The summed E-state index contributed by atoms with van der Waals surface area (Å²) >= 11 is 0. The van der Waals surface area contributed by atoms with Crippen LogP contribution in [0.25, 0.3) is 11.0 Å². The summed E-state index contributed by atoms with van der Waals surface area (Å²) in [5.41, 5.74) is 2.81. The Kier molecular flexibility index (Phi) is 1.73. The van der Waals surface area contributed by atoms with Crippen molar-refractivity contribution in [2.45, 2.75) is 0 Å². The summed E-state index contributed by atoms with van der Waals surface area (Å²) in [5.74, 6) is 0. The number of para-hydroxylation sites is 2. The minimum absolute atomic E-state index is 0.691. The van der Waals surface area contributed by atoms with Gasteiger partial charge in [-0.05, 0) is 12.1 Å². The first-order valence-corrected chi connectivity index (χ1v) is 3.99. The number of aromatic amines is 1. The fraction of sp³-hybridized carbons (Fsp3) is 0.111. The Balaban J connectivity index is 2.89. The molecule has 0 bridgehead atoms. The first-order chi connectivity index (χ1) is 6.33. The predicted molar refractivity (Wildman–Crippen MR) is 51.6 cm³/mol. The Labute approximate surface area is 75.1 Å². The van der Waals surface area contributed by atoms with E-state index in [1.807, 2.05) is 35.9 Å². The summed E-state index contributed by atoms with van der Waals surface area (Å²) in [6.07, 6.45) is 1.03. The molecule has 0 saturated heterocycles. The monoisotopic (exact) mass is 174 g/mol. The zero-order chi connectivity index (χ0) is 9.26. The van der Waals surface area contributed by atoms with Gasteiger partial charge >= 0.3 is 0 Å². The lowest BCUT2D eigenvalue weighted by Crippen LogP contribution is -2.14. The molecule has 0 aliphatic carbocycles. The first kappa shape index (κ1) is 7.79. The lowest BCUT2D eigenvalue weighted by molar-refractivity contribution is 0.864. The number of imidazole rings is 1. The normalized spacial score (nSPS) is 12.2. The summed E-state index contributed by atoms with van der Waals surface area (Å²) in [4.78, 5) is 7.00. The third-order valence-corrected chi connectivity index (χ3v) is 2.02. The molecule has 1 aromatic heterocycles. The van der Waals surface area contributed by atoms with Gasteiger partial charge in [-0.2, -0.15) is 0 Å². The molecule has 0 spiro atoms. The fourth-order valence-corrected chi connectivity index (χ4v) is 1.37. The van der Waals surface area contributed by atoms with Crippen LogP contribution in [0.5, 0.6) is 0 Å². The van der Waals surface area contributed by atoms with Gasteiger partial charge in [-0.1, -0.05) is 12.1 Å². The highest BCUT2D eigenvalue weighted by atomic mass is 15.1. The predicted octanol–water partition coefficient (Wildman–Crippen LogP) is 1.01. The molecular formula is C9H10N4. The molecule has 66 valence electrons. The molecule has 0 saturated carbocycles. The maximum absolute atomic E-state index is 6.89. The van der Waals surface area contributed by atoms with Crippen LogP contribution in [0.3, 0.4) is 0 Å². The molecule has 1 heterocycles. The molecular weight excluding hydrogens is 164 g/mol. The van der Waals surface area contributed by atoms with Gasteiger partial charge in [-0.25, -0.2) is 4.99 Å². The average Bonchev–Trinajstić information content (AvgIpc) is 2.46. The number of aromatic nitrogens is 2. The third kappa shape index (κ3) is 1.16. The average molecular weight is 174 g/mol. The summed E-state index contributed by atoms with van der Waals surface area (Å²) in [6.45, 7) is 0. The van der Waals surface area contributed by atoms with Crippen molar-refractivity contribution in [2.24, 2.45) is 12.0 Å². The Bertz CT molecular complexity index is 504. The molecule has 2 N–H and O–H groups in total. The Morgan fingerprint density at radius 3 is 2.92 bits per heavy atom. The Morgan fingerprint density at radius 2 is 2.23 bits per heavy atom. The molecule has 1 aromatic carbocycles. The van der Waals surface area contributed by atoms with E-state index in [9.17, 15) is 0 Å². The molecule has 0 fully saturated rings. The number of nitrogens with one attached hydrogen (secondary N) is 2. The summed E-state index contributed by atoms with van der Waals surface area (Å²) < 4.78 is 1.92. The molecule has 0 radical (unpaired) electrons. The van der Waals surface area contributed by atoms with Crippen LogP contribution in [0, 0.1) is 5.41 Å². The van der Waals surface area contributed by atoms with Crippen LogP contribution in [-0.4, -0.2) is 15.9 Å². The summed E-state index contributed by atoms with van der Waals surface area (Å²) in [6, 6.07) is 7.94. The van der Waals surface area contributed by atoms with E-state index in [1.165, 1.54) is 0 Å². The zero-order valence-electron chi connectivity index (χ0n) is 7.28. The van der Waals surface area contributed by atoms with E-state index < -0.39 is 0 Å². The highest BCUT2D eigenvalue weighted by Crippen LogP contribution is 2.06. The molecule has 0 aliphatic rings. The smallest absolute Gasteiger partial charge is 0.209 e. The van der Waals surface area contributed by atoms with Crippen LogP contribution in [0.1, 0.15) is 0 Å². The fourth-order valence-electron chi connectivity index (χ4n) is 1.37. The molecule has 0 atom stereocenters. The van der Waals surface area contributed by atoms with Crippen molar-refractivity contribution in [1.82, 2.24) is 9.55 Å². The van der Waals surface area contributed by atoms with E-state index in [4.69, 9.17) is 5.41 Å². The van der Waals surface area contributed by atoms with E-state index in [0.29, 0.717) is 5.62 Å². The van der Waals surface area contributed by atoms with Crippen molar-refractivity contribution in [3.63, 3.8) is 0 Å². The van der Waals surface area contributed by atoms with Crippen molar-refractivity contribution < 1.29 is 0 Å². The standard InChI is InChI=1S/C9H10N4/c1-13-8-5-3-2-4-7(8)12-9(13)11-6-10/h2-6H,1H3,(H2,10,11,12). The van der Waals surface area contributed by atoms with E-state index >= 15 is 0 Å². The van der Waals surface area contributed by atoms with Gasteiger partial charge in [0.1, 0.15) is 6.34 Å². The molecule has 2 rings (SSSR count). The molecule has 0 unspecified atom stereocenters. The second-order valence-electron chi connectivity index (χ2n) is 2.78. The van der Waals surface area contributed by atoms with Gasteiger partial charge in [0.05, 0.1) is 11.0 Å². The van der Waals surface area contributed by atoms with Gasteiger partial charge in [-0.3, -0.25) is 5.41 Å². The van der Waals surface area contributed by atoms with Crippen LogP contribution < -0.4 is 5.62 Å². The number of nitrogens with zero attached hydrogens (tertiary/aromatic N) is 2. The number of fused-ring (bicyclic) bond motifs is 1. The van der Waals surface area contributed by atoms with Gasteiger partial charge in [0.15, 0.2) is 0 Å². The third-order valence-electron chi connectivity index (χ3n) is 2.02. The van der Waals surface area contributed by atoms with E-state index in [0.717, 1.165) is 17.4 Å². The lowest BCUT2D eigenvalue weighted by Gasteiger charge is -1.91. The molecule has 4 nitrogen and oxygen atoms in total. The van der Waals surface area contributed by atoms with Crippen LogP contribution in [0.15, 0.2) is 29.3 Å². The number of H-pyrrole nitrogens is 1. The van der Waals surface area contributed by atoms with E-state index in [-0.39, 0.29) is 0 Å². The largest absolute Gasteiger partial charge is 0.324 e. The van der Waals surface area contributed by atoms with E-state index in [1.54, 1.807) is 0 Å². The second kappa shape index (κ2) is 2.90.